The summed E-state index contributed by atoms with van der Waals surface area (Å²) in [6, 6.07) is 4.60. The van der Waals surface area contributed by atoms with Crippen molar-refractivity contribution in [3.05, 3.63) is 29.6 Å². The predicted octanol–water partition coefficient (Wildman–Crippen LogP) is 3.42. The molecule has 1 rings (SSSR count). The van der Waals surface area contributed by atoms with Crippen LogP contribution in [0, 0.1) is 23.6 Å². The molecule has 0 unspecified atom stereocenters. The predicted molar refractivity (Wildman–Crippen MR) is 82.8 cm³/mol. The minimum absolute atomic E-state index is 0.0779. The van der Waals surface area contributed by atoms with E-state index in [1.54, 1.807) is 12.1 Å². The van der Waals surface area contributed by atoms with Gasteiger partial charge in [0.2, 0.25) is 5.91 Å². The Bertz CT molecular complexity index is 464. The summed E-state index contributed by atoms with van der Waals surface area (Å²) in [5.41, 5.74) is 0.649. The maximum absolute atomic E-state index is 13.6. The number of benzene rings is 1. The zero-order valence-electron chi connectivity index (χ0n) is 13.6. The second kappa shape index (κ2) is 8.01. The van der Waals surface area contributed by atoms with E-state index in [1.165, 1.54) is 13.2 Å². The first-order valence-corrected chi connectivity index (χ1v) is 7.44. The summed E-state index contributed by atoms with van der Waals surface area (Å²) >= 11 is 0. The van der Waals surface area contributed by atoms with Crippen LogP contribution >= 0.6 is 0 Å². The number of carbonyl (C=O) groups excluding carboxylic acids is 1. The number of carbonyl (C=O) groups is 1. The van der Waals surface area contributed by atoms with Gasteiger partial charge in [0, 0.05) is 6.54 Å². The molecule has 0 aliphatic rings. The first kappa shape index (κ1) is 17.5. The van der Waals surface area contributed by atoms with E-state index in [-0.39, 0.29) is 18.1 Å². The quantitative estimate of drug-likeness (QED) is 0.837. The van der Waals surface area contributed by atoms with Crippen LogP contribution in [0.1, 0.15) is 33.3 Å². The van der Waals surface area contributed by atoms with Crippen molar-refractivity contribution in [2.45, 2.75) is 34.1 Å². The number of ether oxygens (including phenoxy) is 1. The SMILES string of the molecule is COc1ccc(CC(=O)NCC(C(C)C)C(C)C)cc1F. The van der Waals surface area contributed by atoms with Gasteiger partial charge >= 0.3 is 0 Å². The van der Waals surface area contributed by atoms with Crippen LogP contribution in [0.15, 0.2) is 18.2 Å². The molecule has 0 bridgehead atoms. The van der Waals surface area contributed by atoms with Gasteiger partial charge in [-0.3, -0.25) is 4.79 Å². The summed E-state index contributed by atoms with van der Waals surface area (Å²) in [5.74, 6) is 1.16. The Kier molecular flexibility index (Phi) is 6.66. The fourth-order valence-electron chi connectivity index (χ4n) is 2.54. The van der Waals surface area contributed by atoms with E-state index < -0.39 is 5.82 Å². The monoisotopic (exact) mass is 295 g/mol. The van der Waals surface area contributed by atoms with E-state index in [1.807, 2.05) is 0 Å². The average molecular weight is 295 g/mol. The highest BCUT2D eigenvalue weighted by Gasteiger charge is 2.18. The number of hydrogen-bond donors (Lipinski definition) is 1. The molecule has 0 atom stereocenters. The van der Waals surface area contributed by atoms with Crippen LogP contribution in [0.25, 0.3) is 0 Å². The van der Waals surface area contributed by atoms with Gasteiger partial charge in [-0.2, -0.15) is 0 Å². The van der Waals surface area contributed by atoms with Crippen LogP contribution in [-0.2, 0) is 11.2 Å². The molecule has 0 saturated carbocycles. The van der Waals surface area contributed by atoms with Crippen molar-refractivity contribution in [3.63, 3.8) is 0 Å². The van der Waals surface area contributed by atoms with Gasteiger partial charge in [0.25, 0.3) is 0 Å². The highest BCUT2D eigenvalue weighted by molar-refractivity contribution is 5.78. The molecule has 1 N–H and O–H groups in total. The summed E-state index contributed by atoms with van der Waals surface area (Å²) in [6.45, 7) is 9.31. The molecule has 0 saturated heterocycles. The van der Waals surface area contributed by atoms with E-state index in [0.717, 1.165) is 0 Å². The maximum atomic E-state index is 13.6. The topological polar surface area (TPSA) is 38.3 Å². The second-order valence-corrected chi connectivity index (χ2v) is 6.10. The number of halogens is 1. The highest BCUT2D eigenvalue weighted by atomic mass is 19.1. The molecule has 118 valence electrons. The fourth-order valence-corrected chi connectivity index (χ4v) is 2.54. The Labute approximate surface area is 126 Å². The van der Waals surface area contributed by atoms with Gasteiger partial charge in [0.15, 0.2) is 11.6 Å². The van der Waals surface area contributed by atoms with Crippen molar-refractivity contribution in [2.24, 2.45) is 17.8 Å². The van der Waals surface area contributed by atoms with Crippen LogP contribution in [0.5, 0.6) is 5.75 Å². The molecule has 0 fully saturated rings. The summed E-state index contributed by atoms with van der Waals surface area (Å²) in [4.78, 5) is 12.0. The first-order chi connectivity index (χ1) is 9.85. The Morgan fingerprint density at radius 3 is 2.33 bits per heavy atom. The molecule has 0 radical (unpaired) electrons. The Hall–Kier alpha value is -1.58. The van der Waals surface area contributed by atoms with Crippen LogP contribution in [0.3, 0.4) is 0 Å². The van der Waals surface area contributed by atoms with Crippen molar-refractivity contribution in [3.8, 4) is 5.75 Å². The minimum Gasteiger partial charge on any atom is -0.494 e. The zero-order valence-corrected chi connectivity index (χ0v) is 13.6. The lowest BCUT2D eigenvalue weighted by Crippen LogP contribution is -2.34. The lowest BCUT2D eigenvalue weighted by Gasteiger charge is -2.25. The third-order valence-corrected chi connectivity index (χ3v) is 3.83. The molecule has 1 aromatic rings. The smallest absolute Gasteiger partial charge is 0.224 e. The molecule has 1 amide bonds. The number of rotatable bonds is 7. The molecule has 0 aliphatic carbocycles. The van der Waals surface area contributed by atoms with Crippen molar-refractivity contribution >= 4 is 5.91 Å². The van der Waals surface area contributed by atoms with Crippen molar-refractivity contribution in [2.75, 3.05) is 13.7 Å². The van der Waals surface area contributed by atoms with Gasteiger partial charge < -0.3 is 10.1 Å². The van der Waals surface area contributed by atoms with E-state index in [0.29, 0.717) is 29.9 Å². The van der Waals surface area contributed by atoms with Crippen LogP contribution in [0.4, 0.5) is 4.39 Å². The second-order valence-electron chi connectivity index (χ2n) is 6.10. The van der Waals surface area contributed by atoms with Gasteiger partial charge in [0.1, 0.15) is 0 Å². The van der Waals surface area contributed by atoms with Gasteiger partial charge in [0.05, 0.1) is 13.5 Å². The van der Waals surface area contributed by atoms with Crippen molar-refractivity contribution in [1.82, 2.24) is 5.32 Å². The fraction of sp³-hybridized carbons (Fsp3) is 0.588. The van der Waals surface area contributed by atoms with Crippen molar-refractivity contribution < 1.29 is 13.9 Å². The largest absolute Gasteiger partial charge is 0.494 e. The number of hydrogen-bond acceptors (Lipinski definition) is 2. The summed E-state index contributed by atoms with van der Waals surface area (Å²) < 4.78 is 18.4. The molecule has 4 heteroatoms. The van der Waals surface area contributed by atoms with Crippen LogP contribution < -0.4 is 10.1 Å². The molecule has 0 spiro atoms. The van der Waals surface area contributed by atoms with Crippen LogP contribution in [-0.4, -0.2) is 19.6 Å². The summed E-state index contributed by atoms with van der Waals surface area (Å²) in [5, 5.41) is 2.95. The van der Waals surface area contributed by atoms with Gasteiger partial charge in [-0.25, -0.2) is 4.39 Å². The standard InChI is InChI=1S/C17H26FNO2/c1-11(2)14(12(3)4)10-19-17(20)9-13-6-7-16(21-5)15(18)8-13/h6-8,11-12,14H,9-10H2,1-5H3,(H,19,20). The zero-order chi connectivity index (χ0) is 16.0. The normalized spacial score (nSPS) is 11.3. The molecule has 0 aromatic heterocycles. The molecule has 1 aromatic carbocycles. The Morgan fingerprint density at radius 2 is 1.86 bits per heavy atom. The molecule has 0 aliphatic heterocycles. The molecular weight excluding hydrogens is 269 g/mol. The third-order valence-electron chi connectivity index (χ3n) is 3.83. The van der Waals surface area contributed by atoms with Crippen LogP contribution in [0.2, 0.25) is 0 Å². The van der Waals surface area contributed by atoms with E-state index >= 15 is 0 Å². The number of nitrogens with one attached hydrogen (secondary N) is 1. The van der Waals surface area contributed by atoms with E-state index in [9.17, 15) is 9.18 Å². The summed E-state index contributed by atoms with van der Waals surface area (Å²) in [6.07, 6.45) is 0.184. The Morgan fingerprint density at radius 1 is 1.24 bits per heavy atom. The number of amides is 1. The third kappa shape index (κ3) is 5.37. The van der Waals surface area contributed by atoms with Gasteiger partial charge in [-0.1, -0.05) is 33.8 Å². The van der Waals surface area contributed by atoms with Crippen molar-refractivity contribution in [1.29, 1.82) is 0 Å². The molecular formula is C17H26FNO2. The average Bonchev–Trinajstić information content (AvgIpc) is 2.38. The highest BCUT2D eigenvalue weighted by Crippen LogP contribution is 2.20. The van der Waals surface area contributed by atoms with Gasteiger partial charge in [-0.15, -0.1) is 0 Å². The molecule has 3 nitrogen and oxygen atoms in total. The minimum atomic E-state index is -0.440. The lowest BCUT2D eigenvalue weighted by molar-refractivity contribution is -0.120. The summed E-state index contributed by atoms with van der Waals surface area (Å²) in [7, 11) is 1.42. The van der Waals surface area contributed by atoms with E-state index in [2.05, 4.69) is 33.0 Å². The first-order valence-electron chi connectivity index (χ1n) is 7.44. The Balaban J connectivity index is 2.56. The molecule has 0 heterocycles. The maximum Gasteiger partial charge on any atom is 0.224 e. The molecule has 21 heavy (non-hydrogen) atoms. The van der Waals surface area contributed by atoms with E-state index in [4.69, 9.17) is 4.74 Å². The van der Waals surface area contributed by atoms with Gasteiger partial charge in [-0.05, 0) is 35.4 Å². The lowest BCUT2D eigenvalue weighted by atomic mass is 9.85. The number of methoxy groups -OCH3 is 1.